The highest BCUT2D eigenvalue weighted by Gasteiger charge is 2.50. The smallest absolute Gasteiger partial charge is 0.483 e. The highest BCUT2D eigenvalue weighted by molar-refractivity contribution is 5.73. The Hall–Kier alpha value is -2.60. The summed E-state index contributed by atoms with van der Waals surface area (Å²) in [5.41, 5.74) is -2.12. The molecule has 16 nitrogen and oxygen atoms in total. The summed E-state index contributed by atoms with van der Waals surface area (Å²) in [5.74, 6) is -0.892. The van der Waals surface area contributed by atoms with Crippen LogP contribution in [0.3, 0.4) is 0 Å². The first-order valence-electron chi connectivity index (χ1n) is 20.8. The summed E-state index contributed by atoms with van der Waals surface area (Å²) in [5, 5.41) is 25.8. The molecule has 0 bridgehead atoms. The van der Waals surface area contributed by atoms with E-state index in [4.69, 9.17) is 43.1 Å². The van der Waals surface area contributed by atoms with Crippen molar-refractivity contribution in [3.8, 4) is 0 Å². The normalized spacial score (nSPS) is 39.5. The summed E-state index contributed by atoms with van der Waals surface area (Å²) >= 11 is 0. The van der Waals surface area contributed by atoms with Crippen molar-refractivity contribution >= 4 is 24.6 Å². The molecule has 10 unspecified atom stereocenters. The first-order chi connectivity index (χ1) is 26.9. The van der Waals surface area contributed by atoms with Crippen LogP contribution in [0.25, 0.3) is 0 Å². The van der Waals surface area contributed by atoms with Crippen LogP contribution in [-0.4, -0.2) is 151 Å². The number of carbonyl (C=O) groups excluding carboxylic acids is 2. The lowest BCUT2D eigenvalue weighted by Crippen LogP contribution is -2.58. The van der Waals surface area contributed by atoms with E-state index < -0.39 is 72.2 Å². The number of carboxylic acid groups (broad SMARTS) is 2. The number of methoxy groups -OCH3 is 1. The minimum absolute atomic E-state index is 0.0150. The molecule has 0 radical (unpaired) electrons. The zero-order valence-electron chi connectivity index (χ0n) is 38.0. The number of hydrogen-bond donors (Lipinski definition) is 3. The summed E-state index contributed by atoms with van der Waals surface area (Å²) in [6.45, 7) is 21.6. The number of aliphatic hydroxyl groups is 1. The Morgan fingerprint density at radius 3 is 2.07 bits per heavy atom. The van der Waals surface area contributed by atoms with Gasteiger partial charge in [-0.3, -0.25) is 14.4 Å². The van der Waals surface area contributed by atoms with Gasteiger partial charge in [0.25, 0.3) is 6.47 Å². The van der Waals surface area contributed by atoms with Gasteiger partial charge in [0.1, 0.15) is 11.7 Å². The van der Waals surface area contributed by atoms with Crippen molar-refractivity contribution in [1.29, 1.82) is 0 Å². The molecule has 0 aromatic heterocycles. The Balaban J connectivity index is 0.00000101. The second kappa shape index (κ2) is 24.6. The molecule has 0 saturated carbocycles. The van der Waals surface area contributed by atoms with Gasteiger partial charge in [-0.05, 0) is 106 Å². The molecular weight excluding hydrogens is 756 g/mol. The van der Waals surface area contributed by atoms with E-state index in [1.54, 1.807) is 21.0 Å². The Bertz CT molecular complexity index is 1250. The minimum Gasteiger partial charge on any atom is -0.483 e. The Kier molecular flexibility index (Phi) is 22.7. The fraction of sp³-hybridized carbons (Fsp3) is 0.905. The summed E-state index contributed by atoms with van der Waals surface area (Å²) in [7, 11) is 7.68. The van der Waals surface area contributed by atoms with Crippen LogP contribution in [0, 0.1) is 23.7 Å². The molecular formula is C42H78N2O14. The van der Waals surface area contributed by atoms with E-state index in [1.165, 1.54) is 6.92 Å². The van der Waals surface area contributed by atoms with Crippen LogP contribution in [-0.2, 0) is 47.5 Å². The number of nitrogens with zero attached hydrogens (tertiary/aromatic N) is 2. The number of aliphatic hydroxyl groups excluding tert-OH is 1. The average molecular weight is 835 g/mol. The summed E-state index contributed by atoms with van der Waals surface area (Å²) in [4.78, 5) is 50.2. The fourth-order valence-corrected chi connectivity index (χ4v) is 8.91. The van der Waals surface area contributed by atoms with Crippen LogP contribution in [0.1, 0.15) is 121 Å². The average Bonchev–Trinajstić information content (AvgIpc) is 3.09. The van der Waals surface area contributed by atoms with E-state index in [0.717, 1.165) is 32.2 Å². The summed E-state index contributed by atoms with van der Waals surface area (Å²) in [6, 6.07) is 0.451. The highest BCUT2D eigenvalue weighted by atomic mass is 16.7. The molecule has 3 heterocycles. The Morgan fingerprint density at radius 1 is 0.966 bits per heavy atom. The van der Waals surface area contributed by atoms with Gasteiger partial charge in [0.2, 0.25) is 0 Å². The van der Waals surface area contributed by atoms with Crippen LogP contribution in [0.2, 0.25) is 0 Å². The van der Waals surface area contributed by atoms with Crippen molar-refractivity contribution < 1.29 is 67.7 Å². The van der Waals surface area contributed by atoms with E-state index in [2.05, 4.69) is 30.6 Å². The molecule has 3 aliphatic rings. The second-order valence-electron chi connectivity index (χ2n) is 17.7. The minimum atomic E-state index is -1.41. The van der Waals surface area contributed by atoms with Gasteiger partial charge < -0.3 is 58.3 Å². The van der Waals surface area contributed by atoms with Crippen molar-refractivity contribution in [1.82, 2.24) is 9.80 Å². The molecule has 3 rings (SSSR count). The molecule has 58 heavy (non-hydrogen) atoms. The van der Waals surface area contributed by atoms with Crippen molar-refractivity contribution in [2.75, 3.05) is 34.8 Å². The predicted molar refractivity (Wildman–Crippen MR) is 217 cm³/mol. The molecule has 340 valence electrons. The van der Waals surface area contributed by atoms with E-state index in [1.807, 2.05) is 55.8 Å². The third-order valence-corrected chi connectivity index (χ3v) is 11.9. The third-order valence-electron chi connectivity index (χ3n) is 11.9. The van der Waals surface area contributed by atoms with Gasteiger partial charge in [-0.1, -0.05) is 27.7 Å². The molecule has 15 atom stereocenters. The highest BCUT2D eigenvalue weighted by Crippen LogP contribution is 2.38. The zero-order chi connectivity index (χ0) is 44.7. The van der Waals surface area contributed by atoms with Crippen LogP contribution in [0.5, 0.6) is 0 Å². The fourth-order valence-electron chi connectivity index (χ4n) is 8.91. The molecule has 0 amide bonds. The van der Waals surface area contributed by atoms with Gasteiger partial charge in [0, 0.05) is 51.9 Å². The van der Waals surface area contributed by atoms with Crippen LogP contribution < -0.4 is 0 Å². The maximum absolute atomic E-state index is 13.9. The molecule has 0 aromatic carbocycles. The SMILES string of the molecule is CC1CC(N(C)C)CC(O)O1.CCC1OC(=O)C(C)C(OC2C[C@@](C)(OC)C(OC(C)=O)[C@H](C)O2)C(C)CC(C)C[C@@H](C)CN(C)[C@H](C)C[C@]1(C)OC(=O)O.O=CO. The van der Waals surface area contributed by atoms with Gasteiger partial charge in [0.05, 0.1) is 24.2 Å². The van der Waals surface area contributed by atoms with Gasteiger partial charge in [-0.15, -0.1) is 0 Å². The van der Waals surface area contributed by atoms with Gasteiger partial charge >= 0.3 is 18.1 Å². The van der Waals surface area contributed by atoms with E-state index >= 15 is 0 Å². The second-order valence-corrected chi connectivity index (χ2v) is 17.7. The molecule has 3 N–H and O–H groups in total. The topological polar surface area (TPSA) is 200 Å². The maximum atomic E-state index is 13.9. The molecule has 0 aliphatic carbocycles. The van der Waals surface area contributed by atoms with Crippen molar-refractivity contribution in [3.63, 3.8) is 0 Å². The molecule has 3 aliphatic heterocycles. The number of hydrogen-bond acceptors (Lipinski definition) is 14. The maximum Gasteiger partial charge on any atom is 0.506 e. The van der Waals surface area contributed by atoms with Crippen molar-refractivity contribution in [3.05, 3.63) is 0 Å². The largest absolute Gasteiger partial charge is 0.506 e. The monoisotopic (exact) mass is 835 g/mol. The number of cyclic esters (lactones) is 1. The summed E-state index contributed by atoms with van der Waals surface area (Å²) in [6.07, 6.45) is -0.436. The van der Waals surface area contributed by atoms with Gasteiger partial charge in [0.15, 0.2) is 24.3 Å². The molecule has 3 fully saturated rings. The number of carbonyl (C=O) groups is 4. The molecule has 0 spiro atoms. The van der Waals surface area contributed by atoms with Crippen LogP contribution in [0.15, 0.2) is 0 Å². The van der Waals surface area contributed by atoms with E-state index in [-0.39, 0.29) is 31.0 Å². The lowest BCUT2D eigenvalue weighted by molar-refractivity contribution is -0.298. The number of ether oxygens (including phenoxy) is 7. The van der Waals surface area contributed by atoms with Crippen LogP contribution >= 0.6 is 0 Å². The number of esters is 2. The summed E-state index contributed by atoms with van der Waals surface area (Å²) < 4.78 is 41.1. The molecule has 16 heteroatoms. The van der Waals surface area contributed by atoms with Crippen molar-refractivity contribution in [2.24, 2.45) is 23.7 Å². The quantitative estimate of drug-likeness (QED) is 0.158. The lowest BCUT2D eigenvalue weighted by Gasteiger charge is -2.47. The van der Waals surface area contributed by atoms with Gasteiger partial charge in [-0.25, -0.2) is 4.79 Å². The van der Waals surface area contributed by atoms with Gasteiger partial charge in [-0.2, -0.15) is 0 Å². The van der Waals surface area contributed by atoms with E-state index in [0.29, 0.717) is 30.7 Å². The zero-order valence-corrected chi connectivity index (χ0v) is 38.0. The molecule has 3 saturated heterocycles. The van der Waals surface area contributed by atoms with Crippen molar-refractivity contribution in [2.45, 2.75) is 187 Å². The van der Waals surface area contributed by atoms with E-state index in [9.17, 15) is 24.6 Å². The third kappa shape index (κ3) is 16.8. The first-order valence-corrected chi connectivity index (χ1v) is 20.8. The standard InChI is InChI=1S/C33H59NO10.C8H17NO2.CH2O2/c1-13-26-32(9,44-31(37)38)16-22(5)34(11)18-20(3)14-19(2)15-21(4)28(23(6)30(36)42-26)43-27-17-33(10,39-12)29(24(7)40-27)41-25(8)35;1-6-4-7(9(2)3)5-8(10)11-6;2-1-3/h19-24,26-29H,13-18H2,1-12H3,(H,37,38);6-8,10H,4-5H2,1-3H3;1H,(H,2,3)/t19?,20-,21?,22-,23?,24+,26?,27?,28?,29?,32+,33-;;/m1../s1. The lowest BCUT2D eigenvalue weighted by atomic mass is 9.83. The number of rotatable bonds is 7. The Morgan fingerprint density at radius 2 is 1.57 bits per heavy atom. The Labute approximate surface area is 347 Å². The molecule has 0 aromatic rings. The van der Waals surface area contributed by atoms with Crippen LogP contribution in [0.4, 0.5) is 4.79 Å². The first kappa shape index (κ1) is 53.4. The predicted octanol–water partition coefficient (Wildman–Crippen LogP) is 5.80.